The maximum Gasteiger partial charge on any atom is 0.159 e. The number of hydrogen-bond acceptors (Lipinski definition) is 4. The number of carbonyl (C=O) groups excluding carboxylic acids is 1. The summed E-state index contributed by atoms with van der Waals surface area (Å²) in [7, 11) is 0. The van der Waals surface area contributed by atoms with Crippen molar-refractivity contribution in [2.45, 2.75) is 19.9 Å². The summed E-state index contributed by atoms with van der Waals surface area (Å²) in [6.45, 7) is 4.36. The van der Waals surface area contributed by atoms with Gasteiger partial charge in [-0.1, -0.05) is 35.1 Å². The molecule has 1 unspecified atom stereocenters. The molecule has 0 aromatic heterocycles. The van der Waals surface area contributed by atoms with Crippen LogP contribution in [0.5, 0.6) is 0 Å². The Morgan fingerprint density at radius 1 is 1.10 bits per heavy atom. The van der Waals surface area contributed by atoms with Crippen LogP contribution in [0, 0.1) is 6.92 Å². The molecule has 0 N–H and O–H groups in total. The summed E-state index contributed by atoms with van der Waals surface area (Å²) in [4.78, 5) is 11.3. The van der Waals surface area contributed by atoms with E-state index < -0.39 is 0 Å². The zero-order chi connectivity index (χ0) is 14.8. The van der Waals surface area contributed by atoms with E-state index in [1.807, 2.05) is 29.3 Å². The van der Waals surface area contributed by atoms with Crippen molar-refractivity contribution in [3.05, 3.63) is 65.2 Å². The Morgan fingerprint density at radius 2 is 1.76 bits per heavy atom. The van der Waals surface area contributed by atoms with E-state index in [4.69, 9.17) is 0 Å². The number of benzene rings is 2. The van der Waals surface area contributed by atoms with E-state index in [1.165, 1.54) is 11.1 Å². The smallest absolute Gasteiger partial charge is 0.159 e. The van der Waals surface area contributed by atoms with Gasteiger partial charge in [0.05, 0.1) is 12.2 Å². The Bertz CT molecular complexity index is 674. The van der Waals surface area contributed by atoms with Gasteiger partial charge >= 0.3 is 0 Å². The molecule has 4 heteroatoms. The lowest BCUT2D eigenvalue weighted by Crippen LogP contribution is -2.16. The van der Waals surface area contributed by atoms with E-state index in [0.717, 1.165) is 12.2 Å². The number of rotatable bonds is 3. The minimum Gasteiger partial charge on any atom is -0.295 e. The summed E-state index contributed by atoms with van der Waals surface area (Å²) in [6.07, 6.45) is 0. The lowest BCUT2D eigenvalue weighted by molar-refractivity contribution is 0.101. The summed E-state index contributed by atoms with van der Waals surface area (Å²) in [5.74, 6) is 0.0714. The van der Waals surface area contributed by atoms with Crippen LogP contribution in [-0.2, 0) is 0 Å². The van der Waals surface area contributed by atoms with Crippen molar-refractivity contribution in [2.24, 2.45) is 10.3 Å². The summed E-state index contributed by atoms with van der Waals surface area (Å²) >= 11 is 0. The number of nitrogens with zero attached hydrogens (tertiary/aromatic N) is 3. The van der Waals surface area contributed by atoms with Crippen LogP contribution in [0.25, 0.3) is 0 Å². The van der Waals surface area contributed by atoms with E-state index in [1.54, 1.807) is 6.92 Å². The van der Waals surface area contributed by atoms with E-state index in [9.17, 15) is 4.79 Å². The lowest BCUT2D eigenvalue weighted by Gasteiger charge is -2.14. The summed E-state index contributed by atoms with van der Waals surface area (Å²) in [5.41, 5.74) is 4.08. The average molecular weight is 279 g/mol. The second-order valence-corrected chi connectivity index (χ2v) is 5.32. The minimum absolute atomic E-state index is 0.0677. The van der Waals surface area contributed by atoms with Crippen molar-refractivity contribution in [3.63, 3.8) is 0 Å². The van der Waals surface area contributed by atoms with Gasteiger partial charge in [0.2, 0.25) is 0 Å². The van der Waals surface area contributed by atoms with Gasteiger partial charge in [0.15, 0.2) is 5.78 Å². The predicted molar refractivity (Wildman–Crippen MR) is 82.6 cm³/mol. The number of Topliss-reactive ketones (excluding diaryl/α,β-unsaturated/α-hetero) is 1. The van der Waals surface area contributed by atoms with Crippen molar-refractivity contribution in [2.75, 3.05) is 11.6 Å². The molecule has 0 amide bonds. The van der Waals surface area contributed by atoms with Gasteiger partial charge in [0.25, 0.3) is 0 Å². The topological polar surface area (TPSA) is 45.0 Å². The quantitative estimate of drug-likeness (QED) is 0.793. The minimum atomic E-state index is 0.0677. The Morgan fingerprint density at radius 3 is 2.38 bits per heavy atom. The number of carbonyl (C=O) groups is 1. The molecule has 21 heavy (non-hydrogen) atoms. The number of ketones is 1. The molecule has 0 spiro atoms. The molecule has 0 bridgehead atoms. The van der Waals surface area contributed by atoms with Crippen molar-refractivity contribution in [1.29, 1.82) is 0 Å². The van der Waals surface area contributed by atoms with Crippen LogP contribution in [-0.4, -0.2) is 12.3 Å². The molecule has 0 saturated carbocycles. The fraction of sp³-hybridized carbons (Fsp3) is 0.235. The van der Waals surface area contributed by atoms with Gasteiger partial charge in [-0.25, -0.2) is 5.01 Å². The number of anilines is 1. The zero-order valence-corrected chi connectivity index (χ0v) is 12.2. The Hall–Kier alpha value is -2.49. The third kappa shape index (κ3) is 2.84. The molecule has 0 fully saturated rings. The first-order valence-corrected chi connectivity index (χ1v) is 6.99. The maximum absolute atomic E-state index is 11.3. The van der Waals surface area contributed by atoms with Crippen LogP contribution in [0.3, 0.4) is 0 Å². The molecule has 0 aliphatic carbocycles. The summed E-state index contributed by atoms with van der Waals surface area (Å²) < 4.78 is 0. The predicted octanol–water partition coefficient (Wildman–Crippen LogP) is 4.13. The van der Waals surface area contributed by atoms with Crippen LogP contribution in [0.4, 0.5) is 5.69 Å². The van der Waals surface area contributed by atoms with Gasteiger partial charge in [-0.2, -0.15) is 5.11 Å². The van der Waals surface area contributed by atoms with Crippen molar-refractivity contribution in [1.82, 2.24) is 0 Å². The second-order valence-electron chi connectivity index (χ2n) is 5.32. The molecule has 1 heterocycles. The van der Waals surface area contributed by atoms with Crippen LogP contribution in [0.2, 0.25) is 0 Å². The average Bonchev–Trinajstić information content (AvgIpc) is 2.98. The third-order valence-corrected chi connectivity index (χ3v) is 3.68. The zero-order valence-electron chi connectivity index (χ0n) is 12.2. The van der Waals surface area contributed by atoms with Crippen LogP contribution in [0.15, 0.2) is 58.9 Å². The van der Waals surface area contributed by atoms with Gasteiger partial charge in [-0.3, -0.25) is 4.79 Å². The third-order valence-electron chi connectivity index (χ3n) is 3.68. The lowest BCUT2D eigenvalue weighted by atomic mass is 10.1. The fourth-order valence-corrected chi connectivity index (χ4v) is 2.35. The van der Waals surface area contributed by atoms with E-state index >= 15 is 0 Å². The summed E-state index contributed by atoms with van der Waals surface area (Å²) in [6, 6.07) is 15.9. The SMILES string of the molecule is CC(=O)c1ccc(N2CC(c3ccc(C)cc3)N=N2)cc1. The monoisotopic (exact) mass is 279 g/mol. The molecule has 4 nitrogen and oxygen atoms in total. The Balaban J connectivity index is 1.74. The maximum atomic E-state index is 11.3. The standard InChI is InChI=1S/C17H17N3O/c1-12-3-5-15(6-4-12)17-11-20(19-18-17)16-9-7-14(8-10-16)13(2)21/h3-10,17H,11H2,1-2H3. The Kier molecular flexibility index (Phi) is 3.52. The fourth-order valence-electron chi connectivity index (χ4n) is 2.35. The molecule has 1 aliphatic heterocycles. The van der Waals surface area contributed by atoms with Gasteiger partial charge in [-0.05, 0) is 43.7 Å². The molecule has 2 aromatic carbocycles. The molecule has 0 saturated heterocycles. The number of aryl methyl sites for hydroxylation is 1. The highest BCUT2D eigenvalue weighted by molar-refractivity contribution is 5.94. The number of hydrogen-bond donors (Lipinski definition) is 0. The van der Waals surface area contributed by atoms with Crippen molar-refractivity contribution < 1.29 is 4.79 Å². The van der Waals surface area contributed by atoms with Crippen molar-refractivity contribution in [3.8, 4) is 0 Å². The molecule has 3 rings (SSSR count). The second kappa shape index (κ2) is 5.48. The molecular formula is C17H17N3O. The molecule has 2 aromatic rings. The van der Waals surface area contributed by atoms with E-state index in [2.05, 4.69) is 41.5 Å². The molecule has 0 radical (unpaired) electrons. The van der Waals surface area contributed by atoms with E-state index in [0.29, 0.717) is 5.56 Å². The first kappa shape index (κ1) is 13.5. The van der Waals surface area contributed by atoms with Gasteiger partial charge in [0, 0.05) is 5.56 Å². The van der Waals surface area contributed by atoms with Crippen LogP contribution >= 0.6 is 0 Å². The highest BCUT2D eigenvalue weighted by Crippen LogP contribution is 2.29. The first-order chi connectivity index (χ1) is 10.1. The van der Waals surface area contributed by atoms with Gasteiger partial charge in [0.1, 0.15) is 6.04 Å². The normalized spacial score (nSPS) is 17.2. The summed E-state index contributed by atoms with van der Waals surface area (Å²) in [5, 5.41) is 10.4. The largest absolute Gasteiger partial charge is 0.295 e. The molecular weight excluding hydrogens is 262 g/mol. The van der Waals surface area contributed by atoms with E-state index in [-0.39, 0.29) is 11.8 Å². The van der Waals surface area contributed by atoms with Crippen molar-refractivity contribution >= 4 is 11.5 Å². The van der Waals surface area contributed by atoms with Crippen LogP contribution < -0.4 is 5.01 Å². The first-order valence-electron chi connectivity index (χ1n) is 6.99. The van der Waals surface area contributed by atoms with Gasteiger partial charge in [-0.15, -0.1) is 0 Å². The molecule has 1 aliphatic rings. The van der Waals surface area contributed by atoms with Crippen LogP contribution in [0.1, 0.15) is 34.5 Å². The Labute approximate surface area is 124 Å². The molecule has 106 valence electrons. The molecule has 1 atom stereocenters. The van der Waals surface area contributed by atoms with Gasteiger partial charge < -0.3 is 0 Å². The highest BCUT2D eigenvalue weighted by atomic mass is 16.1. The highest BCUT2D eigenvalue weighted by Gasteiger charge is 2.22.